The van der Waals surface area contributed by atoms with Gasteiger partial charge < -0.3 is 10.1 Å². The standard InChI is InChI=1S/C16H27N3O2/c1-3-13-11-14(19(4-2)18-13)12-15(20)7-10-21-16-5-8-17-9-6-16/h11,16-17H,3-10,12H2,1-2H3. The Kier molecular flexibility index (Phi) is 6.39. The summed E-state index contributed by atoms with van der Waals surface area (Å²) < 4.78 is 7.73. The van der Waals surface area contributed by atoms with Gasteiger partial charge in [0.1, 0.15) is 5.78 Å². The molecule has 0 unspecified atom stereocenters. The molecule has 1 aromatic rings. The number of hydrogen-bond acceptors (Lipinski definition) is 4. The van der Waals surface area contributed by atoms with Crippen LogP contribution < -0.4 is 5.32 Å². The number of aryl methyl sites for hydroxylation is 2. The Bertz CT molecular complexity index is 450. The minimum Gasteiger partial charge on any atom is -0.378 e. The smallest absolute Gasteiger partial charge is 0.141 e. The average Bonchev–Trinajstić information content (AvgIpc) is 2.90. The van der Waals surface area contributed by atoms with E-state index in [1.165, 1.54) is 0 Å². The summed E-state index contributed by atoms with van der Waals surface area (Å²) in [6.07, 6.45) is 4.31. The van der Waals surface area contributed by atoms with Crippen LogP contribution in [-0.4, -0.2) is 41.4 Å². The monoisotopic (exact) mass is 293 g/mol. The van der Waals surface area contributed by atoms with Gasteiger partial charge in [0.2, 0.25) is 0 Å². The zero-order valence-electron chi connectivity index (χ0n) is 13.2. The number of nitrogens with one attached hydrogen (secondary N) is 1. The molecule has 5 heteroatoms. The molecule has 0 aliphatic carbocycles. The molecule has 118 valence electrons. The maximum absolute atomic E-state index is 12.1. The van der Waals surface area contributed by atoms with Gasteiger partial charge in [-0.2, -0.15) is 5.10 Å². The van der Waals surface area contributed by atoms with Crippen LogP contribution in [0.2, 0.25) is 0 Å². The van der Waals surface area contributed by atoms with E-state index in [-0.39, 0.29) is 5.78 Å². The van der Waals surface area contributed by atoms with Crippen molar-refractivity contribution in [3.05, 3.63) is 17.5 Å². The molecule has 1 fully saturated rings. The Morgan fingerprint density at radius 2 is 2.19 bits per heavy atom. The molecule has 0 saturated carbocycles. The summed E-state index contributed by atoms with van der Waals surface area (Å²) in [5.74, 6) is 0.237. The maximum Gasteiger partial charge on any atom is 0.141 e. The number of ether oxygens (including phenoxy) is 1. The molecule has 2 heterocycles. The number of carbonyl (C=O) groups excluding carboxylic acids is 1. The summed E-state index contributed by atoms with van der Waals surface area (Å²) in [4.78, 5) is 12.1. The average molecular weight is 293 g/mol. The topological polar surface area (TPSA) is 56.1 Å². The lowest BCUT2D eigenvalue weighted by Gasteiger charge is -2.22. The first-order valence-corrected chi connectivity index (χ1v) is 8.12. The van der Waals surface area contributed by atoms with Crippen molar-refractivity contribution < 1.29 is 9.53 Å². The molecule has 2 rings (SSSR count). The van der Waals surface area contributed by atoms with Crippen molar-refractivity contribution in [2.45, 2.75) is 58.6 Å². The quantitative estimate of drug-likeness (QED) is 0.793. The fraction of sp³-hybridized carbons (Fsp3) is 0.750. The van der Waals surface area contributed by atoms with Crippen LogP contribution >= 0.6 is 0 Å². The summed E-state index contributed by atoms with van der Waals surface area (Å²) in [5, 5.41) is 7.79. The van der Waals surface area contributed by atoms with Gasteiger partial charge in [-0.1, -0.05) is 6.92 Å². The van der Waals surface area contributed by atoms with Crippen LogP contribution in [0.1, 0.15) is 44.5 Å². The second-order valence-electron chi connectivity index (χ2n) is 5.58. The lowest BCUT2D eigenvalue weighted by molar-refractivity contribution is -0.120. The minimum absolute atomic E-state index is 0.237. The third-order valence-corrected chi connectivity index (χ3v) is 3.97. The van der Waals surface area contributed by atoms with Gasteiger partial charge in [-0.05, 0) is 45.3 Å². The summed E-state index contributed by atoms with van der Waals surface area (Å²) in [6.45, 7) is 7.54. The van der Waals surface area contributed by atoms with Gasteiger partial charge in [0.15, 0.2) is 0 Å². The third-order valence-electron chi connectivity index (χ3n) is 3.97. The number of hydrogen-bond donors (Lipinski definition) is 1. The SMILES string of the molecule is CCc1cc(CC(=O)CCOC2CCNCC2)n(CC)n1. The number of piperidine rings is 1. The van der Waals surface area contributed by atoms with Crippen molar-refractivity contribution in [2.24, 2.45) is 0 Å². The van der Waals surface area contributed by atoms with Crippen molar-refractivity contribution in [1.82, 2.24) is 15.1 Å². The zero-order chi connectivity index (χ0) is 15.1. The Hall–Kier alpha value is -1.20. The van der Waals surface area contributed by atoms with E-state index in [1.54, 1.807) is 0 Å². The molecule has 0 bridgehead atoms. The second kappa shape index (κ2) is 8.29. The molecule has 1 N–H and O–H groups in total. The van der Waals surface area contributed by atoms with E-state index in [4.69, 9.17) is 4.74 Å². The zero-order valence-corrected chi connectivity index (χ0v) is 13.2. The molecule has 0 atom stereocenters. The number of aromatic nitrogens is 2. The molecule has 0 amide bonds. The normalized spacial score (nSPS) is 16.3. The van der Waals surface area contributed by atoms with E-state index in [0.29, 0.717) is 25.6 Å². The van der Waals surface area contributed by atoms with Gasteiger partial charge in [0, 0.05) is 25.1 Å². The molecule has 21 heavy (non-hydrogen) atoms. The van der Waals surface area contributed by atoms with Gasteiger partial charge in [0.25, 0.3) is 0 Å². The lowest BCUT2D eigenvalue weighted by Crippen LogP contribution is -2.32. The molecular formula is C16H27N3O2. The highest BCUT2D eigenvalue weighted by molar-refractivity contribution is 5.80. The highest BCUT2D eigenvalue weighted by Crippen LogP contribution is 2.10. The first kappa shape index (κ1) is 16.2. The van der Waals surface area contributed by atoms with E-state index < -0.39 is 0 Å². The van der Waals surface area contributed by atoms with Crippen LogP contribution in [0.5, 0.6) is 0 Å². The number of Topliss-reactive ketones (excluding diaryl/α,β-unsaturated/α-hetero) is 1. The van der Waals surface area contributed by atoms with Crippen LogP contribution in [0.15, 0.2) is 6.07 Å². The van der Waals surface area contributed by atoms with Crippen molar-refractivity contribution in [3.63, 3.8) is 0 Å². The molecule has 1 aliphatic rings. The molecular weight excluding hydrogens is 266 g/mol. The van der Waals surface area contributed by atoms with Crippen LogP contribution in [0.4, 0.5) is 0 Å². The number of carbonyl (C=O) groups is 1. The third kappa shape index (κ3) is 4.93. The van der Waals surface area contributed by atoms with Crippen LogP contribution in [0.3, 0.4) is 0 Å². The summed E-state index contributed by atoms with van der Waals surface area (Å²) >= 11 is 0. The van der Waals surface area contributed by atoms with Gasteiger partial charge in [-0.15, -0.1) is 0 Å². The van der Waals surface area contributed by atoms with Gasteiger partial charge >= 0.3 is 0 Å². The summed E-state index contributed by atoms with van der Waals surface area (Å²) in [5.41, 5.74) is 2.09. The minimum atomic E-state index is 0.237. The molecule has 0 aromatic carbocycles. The van der Waals surface area contributed by atoms with E-state index >= 15 is 0 Å². The van der Waals surface area contributed by atoms with E-state index in [1.807, 2.05) is 4.68 Å². The predicted molar refractivity (Wildman–Crippen MR) is 82.5 cm³/mol. The lowest BCUT2D eigenvalue weighted by atomic mass is 10.1. The predicted octanol–water partition coefficient (Wildman–Crippen LogP) is 1.74. The van der Waals surface area contributed by atoms with Crippen molar-refractivity contribution in [3.8, 4) is 0 Å². The Balaban J connectivity index is 1.74. The van der Waals surface area contributed by atoms with Crippen LogP contribution in [0, 0.1) is 0 Å². The fourth-order valence-corrected chi connectivity index (χ4v) is 2.70. The van der Waals surface area contributed by atoms with Gasteiger partial charge in [-0.3, -0.25) is 9.48 Å². The number of nitrogens with zero attached hydrogens (tertiary/aromatic N) is 2. The van der Waals surface area contributed by atoms with Gasteiger partial charge in [0.05, 0.1) is 18.4 Å². The number of ketones is 1. The first-order valence-electron chi connectivity index (χ1n) is 8.12. The highest BCUT2D eigenvalue weighted by Gasteiger charge is 2.15. The van der Waals surface area contributed by atoms with E-state index in [0.717, 1.165) is 50.3 Å². The Labute approximate surface area is 127 Å². The Morgan fingerprint density at radius 1 is 1.43 bits per heavy atom. The molecule has 5 nitrogen and oxygen atoms in total. The fourth-order valence-electron chi connectivity index (χ4n) is 2.70. The van der Waals surface area contributed by atoms with Crippen molar-refractivity contribution in [1.29, 1.82) is 0 Å². The molecule has 1 aliphatic heterocycles. The molecule has 0 radical (unpaired) electrons. The largest absolute Gasteiger partial charge is 0.378 e. The highest BCUT2D eigenvalue weighted by atomic mass is 16.5. The molecule has 1 saturated heterocycles. The number of rotatable bonds is 8. The van der Waals surface area contributed by atoms with Crippen LogP contribution in [-0.2, 0) is 28.9 Å². The van der Waals surface area contributed by atoms with E-state index in [2.05, 4.69) is 30.3 Å². The summed E-state index contributed by atoms with van der Waals surface area (Å²) in [7, 11) is 0. The first-order chi connectivity index (χ1) is 10.2. The summed E-state index contributed by atoms with van der Waals surface area (Å²) in [6, 6.07) is 2.05. The molecule has 1 aromatic heterocycles. The van der Waals surface area contributed by atoms with Crippen molar-refractivity contribution in [2.75, 3.05) is 19.7 Å². The molecule has 0 spiro atoms. The Morgan fingerprint density at radius 3 is 2.86 bits per heavy atom. The van der Waals surface area contributed by atoms with Crippen LogP contribution in [0.25, 0.3) is 0 Å². The second-order valence-corrected chi connectivity index (χ2v) is 5.58. The van der Waals surface area contributed by atoms with E-state index in [9.17, 15) is 4.79 Å². The van der Waals surface area contributed by atoms with Crippen molar-refractivity contribution >= 4 is 5.78 Å². The maximum atomic E-state index is 12.1. The van der Waals surface area contributed by atoms with Gasteiger partial charge in [-0.25, -0.2) is 0 Å².